The van der Waals surface area contributed by atoms with Crippen LogP contribution in [0.4, 0.5) is 0 Å². The number of hydrogen-bond donors (Lipinski definition) is 2. The summed E-state index contributed by atoms with van der Waals surface area (Å²) in [4.78, 5) is 0. The average Bonchev–Trinajstić information content (AvgIpc) is 2.39. The minimum absolute atomic E-state index is 0.597. The Bertz CT molecular complexity index is 492. The van der Waals surface area contributed by atoms with Gasteiger partial charge in [-0.2, -0.15) is 0 Å². The summed E-state index contributed by atoms with van der Waals surface area (Å²) >= 11 is 0. The van der Waals surface area contributed by atoms with Crippen LogP contribution < -0.4 is 16.2 Å². The Morgan fingerprint density at radius 2 is 1.56 bits per heavy atom. The average molecular weight is 242 g/mol. The van der Waals surface area contributed by atoms with E-state index in [0.717, 1.165) is 16.9 Å². The van der Waals surface area contributed by atoms with Gasteiger partial charge in [0, 0.05) is 6.42 Å². The largest absolute Gasteiger partial charge is 0.497 e. The number of methoxy groups -OCH3 is 1. The molecule has 0 amide bonds. The highest BCUT2D eigenvalue weighted by atomic mass is 16.5. The molecule has 0 saturated heterocycles. The third-order valence-corrected chi connectivity index (χ3v) is 2.97. The number of rotatable bonds is 4. The lowest BCUT2D eigenvalue weighted by Crippen LogP contribution is -2.48. The van der Waals surface area contributed by atoms with E-state index in [1.54, 1.807) is 7.11 Å². The maximum atomic E-state index is 6.20. The summed E-state index contributed by atoms with van der Waals surface area (Å²) in [5, 5.41) is 0. The van der Waals surface area contributed by atoms with Gasteiger partial charge in [0.15, 0.2) is 0 Å². The molecule has 3 heteroatoms. The molecule has 0 fully saturated rings. The maximum Gasteiger partial charge on any atom is 0.118 e. The summed E-state index contributed by atoms with van der Waals surface area (Å²) in [7, 11) is 1.64. The highest BCUT2D eigenvalue weighted by Gasteiger charge is 2.22. The summed E-state index contributed by atoms with van der Waals surface area (Å²) in [5.74, 6) is 0.800. The van der Waals surface area contributed by atoms with Gasteiger partial charge in [-0.25, -0.2) is 0 Å². The first-order valence-electron chi connectivity index (χ1n) is 5.88. The van der Waals surface area contributed by atoms with Gasteiger partial charge in [-0.1, -0.05) is 42.5 Å². The summed E-state index contributed by atoms with van der Waals surface area (Å²) in [6, 6.07) is 17.5. The fraction of sp³-hybridized carbons (Fsp3) is 0.200. The second-order valence-electron chi connectivity index (χ2n) is 4.43. The molecular formula is C15H18N2O. The first kappa shape index (κ1) is 12.6. The topological polar surface area (TPSA) is 61.3 Å². The summed E-state index contributed by atoms with van der Waals surface area (Å²) in [6.07, 6.45) is 0.597. The molecule has 0 aliphatic carbocycles. The van der Waals surface area contributed by atoms with Gasteiger partial charge in [0.1, 0.15) is 5.75 Å². The third-order valence-electron chi connectivity index (χ3n) is 2.97. The predicted molar refractivity (Wildman–Crippen MR) is 73.2 cm³/mol. The standard InChI is InChI=1S/C15H18N2O/c1-18-14-9-7-13(8-10-14)15(16,17)11-12-5-3-2-4-6-12/h2-10H,11,16-17H2,1H3. The van der Waals surface area contributed by atoms with Crippen LogP contribution >= 0.6 is 0 Å². The van der Waals surface area contributed by atoms with Crippen LogP contribution in [-0.4, -0.2) is 7.11 Å². The highest BCUT2D eigenvalue weighted by Crippen LogP contribution is 2.20. The van der Waals surface area contributed by atoms with Crippen LogP contribution in [0.3, 0.4) is 0 Å². The van der Waals surface area contributed by atoms with E-state index in [4.69, 9.17) is 16.2 Å². The van der Waals surface area contributed by atoms with E-state index < -0.39 is 5.66 Å². The van der Waals surface area contributed by atoms with E-state index in [1.165, 1.54) is 0 Å². The molecule has 0 spiro atoms. The van der Waals surface area contributed by atoms with E-state index in [9.17, 15) is 0 Å². The molecule has 0 aromatic heterocycles. The molecule has 94 valence electrons. The Kier molecular flexibility index (Phi) is 3.65. The quantitative estimate of drug-likeness (QED) is 0.806. The SMILES string of the molecule is COc1ccc(C(N)(N)Cc2ccccc2)cc1. The molecule has 2 aromatic rings. The van der Waals surface area contributed by atoms with Crippen LogP contribution in [0.2, 0.25) is 0 Å². The minimum atomic E-state index is -0.867. The monoisotopic (exact) mass is 242 g/mol. The number of hydrogen-bond acceptors (Lipinski definition) is 3. The van der Waals surface area contributed by atoms with Crippen molar-refractivity contribution in [1.29, 1.82) is 0 Å². The van der Waals surface area contributed by atoms with Crippen molar-refractivity contribution in [3.8, 4) is 5.75 Å². The first-order chi connectivity index (χ1) is 8.62. The lowest BCUT2D eigenvalue weighted by molar-refractivity contribution is 0.412. The Balaban J connectivity index is 2.19. The number of benzene rings is 2. The fourth-order valence-electron chi connectivity index (χ4n) is 1.94. The van der Waals surface area contributed by atoms with E-state index in [1.807, 2.05) is 54.6 Å². The van der Waals surface area contributed by atoms with Crippen LogP contribution in [0.15, 0.2) is 54.6 Å². The lowest BCUT2D eigenvalue weighted by atomic mass is 9.93. The van der Waals surface area contributed by atoms with Crippen molar-refractivity contribution in [2.45, 2.75) is 12.1 Å². The minimum Gasteiger partial charge on any atom is -0.497 e. The zero-order valence-electron chi connectivity index (χ0n) is 10.5. The molecule has 0 atom stereocenters. The second kappa shape index (κ2) is 5.21. The van der Waals surface area contributed by atoms with E-state index in [2.05, 4.69) is 0 Å². The summed E-state index contributed by atoms with van der Waals surface area (Å²) in [6.45, 7) is 0. The van der Waals surface area contributed by atoms with Crippen LogP contribution in [0, 0.1) is 0 Å². The van der Waals surface area contributed by atoms with Crippen LogP contribution in [0.25, 0.3) is 0 Å². The van der Waals surface area contributed by atoms with Crippen LogP contribution in [0.5, 0.6) is 5.75 Å². The first-order valence-corrected chi connectivity index (χ1v) is 5.88. The third kappa shape index (κ3) is 2.88. The molecule has 0 heterocycles. The molecule has 0 aliphatic heterocycles. The molecule has 0 aliphatic rings. The Morgan fingerprint density at radius 3 is 2.11 bits per heavy atom. The molecule has 2 aromatic carbocycles. The molecule has 0 radical (unpaired) electrons. The zero-order valence-corrected chi connectivity index (χ0v) is 10.5. The molecule has 2 rings (SSSR count). The smallest absolute Gasteiger partial charge is 0.118 e. The normalized spacial score (nSPS) is 11.3. The lowest BCUT2D eigenvalue weighted by Gasteiger charge is -2.25. The molecular weight excluding hydrogens is 224 g/mol. The predicted octanol–water partition coefficient (Wildman–Crippen LogP) is 2.01. The molecule has 0 saturated carbocycles. The summed E-state index contributed by atoms with van der Waals surface area (Å²) in [5.41, 5.74) is 13.5. The van der Waals surface area contributed by atoms with Gasteiger partial charge < -0.3 is 16.2 Å². The van der Waals surface area contributed by atoms with E-state index >= 15 is 0 Å². The van der Waals surface area contributed by atoms with Crippen molar-refractivity contribution in [2.75, 3.05) is 7.11 Å². The Hall–Kier alpha value is -1.84. The van der Waals surface area contributed by atoms with Gasteiger partial charge >= 0.3 is 0 Å². The van der Waals surface area contributed by atoms with Crippen LogP contribution in [-0.2, 0) is 12.1 Å². The van der Waals surface area contributed by atoms with Gasteiger partial charge in [-0.05, 0) is 23.3 Å². The van der Waals surface area contributed by atoms with Crippen molar-refractivity contribution in [3.05, 3.63) is 65.7 Å². The number of nitrogens with two attached hydrogens (primary N) is 2. The second-order valence-corrected chi connectivity index (χ2v) is 4.43. The van der Waals surface area contributed by atoms with Gasteiger partial charge in [0.25, 0.3) is 0 Å². The van der Waals surface area contributed by atoms with Gasteiger partial charge in [-0.3, -0.25) is 0 Å². The molecule has 0 bridgehead atoms. The van der Waals surface area contributed by atoms with Gasteiger partial charge in [0.2, 0.25) is 0 Å². The Labute approximate surface area is 107 Å². The van der Waals surface area contributed by atoms with Crippen molar-refractivity contribution in [1.82, 2.24) is 0 Å². The van der Waals surface area contributed by atoms with Gasteiger partial charge in [0.05, 0.1) is 12.8 Å². The van der Waals surface area contributed by atoms with Crippen molar-refractivity contribution in [2.24, 2.45) is 11.5 Å². The van der Waals surface area contributed by atoms with Gasteiger partial charge in [-0.15, -0.1) is 0 Å². The molecule has 3 nitrogen and oxygen atoms in total. The molecule has 18 heavy (non-hydrogen) atoms. The molecule has 0 unspecified atom stereocenters. The van der Waals surface area contributed by atoms with E-state index in [-0.39, 0.29) is 0 Å². The van der Waals surface area contributed by atoms with Crippen LogP contribution in [0.1, 0.15) is 11.1 Å². The summed E-state index contributed by atoms with van der Waals surface area (Å²) < 4.78 is 5.12. The Morgan fingerprint density at radius 1 is 0.944 bits per heavy atom. The van der Waals surface area contributed by atoms with Crippen molar-refractivity contribution < 1.29 is 4.74 Å². The van der Waals surface area contributed by atoms with Crippen molar-refractivity contribution in [3.63, 3.8) is 0 Å². The highest BCUT2D eigenvalue weighted by molar-refractivity contribution is 5.32. The molecule has 4 N–H and O–H groups in total. The zero-order chi connectivity index (χ0) is 13.0. The van der Waals surface area contributed by atoms with Crippen molar-refractivity contribution >= 4 is 0 Å². The van der Waals surface area contributed by atoms with E-state index in [0.29, 0.717) is 6.42 Å². The maximum absolute atomic E-state index is 6.20. The number of ether oxygens (including phenoxy) is 1. The fourth-order valence-corrected chi connectivity index (χ4v) is 1.94.